The molecule has 4 nitrogen and oxygen atoms in total. The molecule has 46 heavy (non-hydrogen) atoms. The number of benzene rings is 7. The number of rotatable bonds is 4. The van der Waals surface area contributed by atoms with Crippen LogP contribution in [0.5, 0.6) is 0 Å². The fourth-order valence-electron chi connectivity index (χ4n) is 6.94. The predicted molar refractivity (Wildman–Crippen MR) is 187 cm³/mol. The number of hydrogen-bond acceptors (Lipinski definition) is 3. The van der Waals surface area contributed by atoms with E-state index >= 15 is 0 Å². The minimum atomic E-state index is -3.77. The van der Waals surface area contributed by atoms with Gasteiger partial charge in [0.05, 0.1) is 26.5 Å². The number of para-hydroxylation sites is 1. The molecule has 0 amide bonds. The Morgan fingerprint density at radius 2 is 1.04 bits per heavy atom. The van der Waals surface area contributed by atoms with Crippen molar-refractivity contribution in [3.63, 3.8) is 0 Å². The predicted octanol–water partition coefficient (Wildman–Crippen LogP) is 10.0. The Hall–Kier alpha value is -5.52. The lowest BCUT2D eigenvalue weighted by atomic mass is 9.91. The number of imidazole rings is 1. The molecular formula is C41H28N2O2S. The summed E-state index contributed by atoms with van der Waals surface area (Å²) in [5, 5.41) is 4.72. The summed E-state index contributed by atoms with van der Waals surface area (Å²) >= 11 is 0. The highest BCUT2D eigenvalue weighted by atomic mass is 32.2. The van der Waals surface area contributed by atoms with Crippen molar-refractivity contribution < 1.29 is 8.42 Å². The molecule has 7 aromatic carbocycles. The van der Waals surface area contributed by atoms with Crippen LogP contribution in [0.25, 0.3) is 71.6 Å². The minimum Gasteiger partial charge on any atom is -0.294 e. The van der Waals surface area contributed by atoms with Crippen molar-refractivity contribution in [3.8, 4) is 39.1 Å². The van der Waals surface area contributed by atoms with E-state index in [1.807, 2.05) is 28.8 Å². The Morgan fingerprint density at radius 1 is 0.522 bits per heavy atom. The summed E-state index contributed by atoms with van der Waals surface area (Å²) in [7, 11) is -3.77. The van der Waals surface area contributed by atoms with Crippen molar-refractivity contribution in [2.45, 2.75) is 23.1 Å². The van der Waals surface area contributed by atoms with Crippen molar-refractivity contribution in [2.24, 2.45) is 0 Å². The molecule has 0 radical (unpaired) electrons. The fraction of sp³-hybridized carbons (Fsp3) is 0.0488. The van der Waals surface area contributed by atoms with E-state index < -0.39 is 9.84 Å². The normalized spacial score (nSPS) is 13.3. The summed E-state index contributed by atoms with van der Waals surface area (Å²) in [6.45, 7) is 2.06. The summed E-state index contributed by atoms with van der Waals surface area (Å²) in [5.74, 6) is 0.845. The topological polar surface area (TPSA) is 52.0 Å². The average Bonchev–Trinajstić information content (AvgIpc) is 3.49. The number of aryl methyl sites for hydroxylation is 1. The van der Waals surface area contributed by atoms with Crippen molar-refractivity contribution >= 4 is 42.4 Å². The standard InChI is InChI=1S/C41H28N2O2S/c1-2-40-42-36-24-35(25-39-41(36)43(40)37-13-7-8-14-38(37)46(39,44)45)34-22-32(30-17-15-26-9-3-5-11-28(26)19-30)21-33(23-34)31-18-16-27-10-4-6-12-29(27)20-31/h3-25H,2H2,1H3. The van der Waals surface area contributed by atoms with Gasteiger partial charge in [0.2, 0.25) is 9.84 Å². The molecular weight excluding hydrogens is 585 g/mol. The van der Waals surface area contributed by atoms with E-state index in [1.54, 1.807) is 12.1 Å². The second-order valence-electron chi connectivity index (χ2n) is 12.0. The van der Waals surface area contributed by atoms with E-state index in [9.17, 15) is 8.42 Å². The zero-order valence-electron chi connectivity index (χ0n) is 25.1. The van der Waals surface area contributed by atoms with Crippen LogP contribution in [0.2, 0.25) is 0 Å². The summed E-state index contributed by atoms with van der Waals surface area (Å²) < 4.78 is 30.3. The molecule has 2 heterocycles. The quantitative estimate of drug-likeness (QED) is 0.199. The maximum absolute atomic E-state index is 14.1. The summed E-state index contributed by atoms with van der Waals surface area (Å²) in [6.07, 6.45) is 0.682. The molecule has 0 N–H and O–H groups in total. The summed E-state index contributed by atoms with van der Waals surface area (Å²) in [5.41, 5.74) is 8.09. The van der Waals surface area contributed by atoms with E-state index in [-0.39, 0.29) is 0 Å². The molecule has 0 bridgehead atoms. The third-order valence-electron chi connectivity index (χ3n) is 9.22. The lowest BCUT2D eigenvalue weighted by Gasteiger charge is -2.21. The molecule has 0 spiro atoms. The number of nitrogens with zero attached hydrogens (tertiary/aromatic N) is 2. The third-order valence-corrected chi connectivity index (χ3v) is 11.0. The molecule has 0 fully saturated rings. The van der Waals surface area contributed by atoms with Crippen LogP contribution in [0, 0.1) is 0 Å². The first-order valence-electron chi connectivity index (χ1n) is 15.5. The van der Waals surface area contributed by atoms with E-state index in [4.69, 9.17) is 4.98 Å². The lowest BCUT2D eigenvalue weighted by Crippen LogP contribution is -2.15. The molecule has 0 aliphatic carbocycles. The Morgan fingerprint density at radius 3 is 1.65 bits per heavy atom. The molecule has 1 aliphatic rings. The highest BCUT2D eigenvalue weighted by Gasteiger charge is 2.33. The van der Waals surface area contributed by atoms with E-state index in [1.165, 1.54) is 21.5 Å². The highest BCUT2D eigenvalue weighted by Crippen LogP contribution is 2.43. The van der Waals surface area contributed by atoms with Gasteiger partial charge in [0.1, 0.15) is 5.82 Å². The van der Waals surface area contributed by atoms with Gasteiger partial charge in [-0.1, -0.05) is 91.9 Å². The summed E-state index contributed by atoms with van der Waals surface area (Å²) in [4.78, 5) is 5.60. The van der Waals surface area contributed by atoms with Gasteiger partial charge in [-0.3, -0.25) is 4.57 Å². The fourth-order valence-corrected chi connectivity index (χ4v) is 8.60. The zero-order valence-corrected chi connectivity index (χ0v) is 25.9. The number of sulfone groups is 1. The van der Waals surface area contributed by atoms with Crippen LogP contribution < -0.4 is 0 Å². The first kappa shape index (κ1) is 26.8. The molecule has 8 aromatic rings. The monoisotopic (exact) mass is 612 g/mol. The van der Waals surface area contributed by atoms with Gasteiger partial charge in [-0.15, -0.1) is 0 Å². The van der Waals surface area contributed by atoms with E-state index in [2.05, 4.69) is 110 Å². The van der Waals surface area contributed by atoms with Crippen molar-refractivity contribution in [2.75, 3.05) is 0 Å². The summed E-state index contributed by atoms with van der Waals surface area (Å²) in [6, 6.07) is 47.5. The van der Waals surface area contributed by atoms with E-state index in [0.29, 0.717) is 32.9 Å². The van der Waals surface area contributed by atoms with E-state index in [0.717, 1.165) is 39.2 Å². The molecule has 1 aromatic heterocycles. The van der Waals surface area contributed by atoms with Crippen LogP contribution in [-0.2, 0) is 16.3 Å². The van der Waals surface area contributed by atoms with Crippen molar-refractivity contribution in [1.29, 1.82) is 0 Å². The molecule has 0 saturated carbocycles. The lowest BCUT2D eigenvalue weighted by molar-refractivity contribution is 0.594. The van der Waals surface area contributed by atoms with Gasteiger partial charge in [0, 0.05) is 6.42 Å². The smallest absolute Gasteiger partial charge is 0.210 e. The zero-order chi connectivity index (χ0) is 31.0. The van der Waals surface area contributed by atoms with Gasteiger partial charge in [0.15, 0.2) is 0 Å². The van der Waals surface area contributed by atoms with Gasteiger partial charge < -0.3 is 0 Å². The second kappa shape index (κ2) is 9.99. The number of aromatic nitrogens is 2. The van der Waals surface area contributed by atoms with Gasteiger partial charge in [-0.05, 0) is 110 Å². The second-order valence-corrected chi connectivity index (χ2v) is 13.8. The third kappa shape index (κ3) is 4.05. The molecule has 9 rings (SSSR count). The van der Waals surface area contributed by atoms with Crippen molar-refractivity contribution in [3.05, 3.63) is 145 Å². The van der Waals surface area contributed by atoms with Crippen LogP contribution in [0.3, 0.4) is 0 Å². The molecule has 0 saturated heterocycles. The molecule has 5 heteroatoms. The number of hydrogen-bond donors (Lipinski definition) is 0. The van der Waals surface area contributed by atoms with Crippen molar-refractivity contribution in [1.82, 2.24) is 9.55 Å². The van der Waals surface area contributed by atoms with Crippen LogP contribution in [0.15, 0.2) is 149 Å². The number of fused-ring (bicyclic) bond motifs is 4. The van der Waals surface area contributed by atoms with Crippen LogP contribution in [-0.4, -0.2) is 18.0 Å². The van der Waals surface area contributed by atoms with Gasteiger partial charge in [-0.25, -0.2) is 13.4 Å². The Bertz CT molecular complexity index is 2550. The maximum Gasteiger partial charge on any atom is 0.210 e. The van der Waals surface area contributed by atoms with Crippen LogP contribution in [0.1, 0.15) is 12.7 Å². The Kier molecular flexibility index (Phi) is 5.83. The molecule has 220 valence electrons. The maximum atomic E-state index is 14.1. The largest absolute Gasteiger partial charge is 0.294 e. The van der Waals surface area contributed by atoms with Gasteiger partial charge >= 0.3 is 0 Å². The van der Waals surface area contributed by atoms with Gasteiger partial charge in [-0.2, -0.15) is 0 Å². The molecule has 0 atom stereocenters. The van der Waals surface area contributed by atoms with Gasteiger partial charge in [0.25, 0.3) is 0 Å². The first-order valence-corrected chi connectivity index (χ1v) is 17.0. The van der Waals surface area contributed by atoms with Crippen LogP contribution in [0.4, 0.5) is 0 Å². The average molecular weight is 613 g/mol. The Balaban J connectivity index is 1.31. The molecule has 1 aliphatic heterocycles. The highest BCUT2D eigenvalue weighted by molar-refractivity contribution is 7.92. The van der Waals surface area contributed by atoms with Crippen LogP contribution >= 0.6 is 0 Å². The Labute approximate surface area is 267 Å². The minimum absolute atomic E-state index is 0.300. The first-order chi connectivity index (χ1) is 22.5. The SMILES string of the molecule is CCc1nc2cc(-c3cc(-c4ccc5ccccc5c4)cc(-c4ccc5ccccc5c4)c3)cc3c2n1-c1ccccc1S3(=O)=O. The molecule has 0 unspecified atom stereocenters.